The molecule has 11 heteroatoms. The number of aliphatic imine (C=N–C) groups is 1. The first-order valence-electron chi connectivity index (χ1n) is 9.95. The van der Waals surface area contributed by atoms with Crippen molar-refractivity contribution in [3.05, 3.63) is 29.6 Å². The third-order valence-electron chi connectivity index (χ3n) is 4.76. The number of hydrogen-bond donors (Lipinski definition) is 2. The van der Waals surface area contributed by atoms with Crippen molar-refractivity contribution >= 4 is 41.5 Å². The van der Waals surface area contributed by atoms with E-state index in [1.54, 1.807) is 6.07 Å². The van der Waals surface area contributed by atoms with Crippen molar-refractivity contribution in [3.63, 3.8) is 0 Å². The summed E-state index contributed by atoms with van der Waals surface area (Å²) in [6.45, 7) is 3.85. The van der Waals surface area contributed by atoms with Crippen LogP contribution in [-0.4, -0.2) is 68.8 Å². The number of amides is 1. The van der Waals surface area contributed by atoms with Crippen molar-refractivity contribution in [1.29, 1.82) is 0 Å². The summed E-state index contributed by atoms with van der Waals surface area (Å²) in [5.74, 6) is -0.653. The van der Waals surface area contributed by atoms with Gasteiger partial charge in [0, 0.05) is 32.7 Å². The van der Waals surface area contributed by atoms with Crippen LogP contribution in [0.3, 0.4) is 0 Å². The average molecular weight is 559 g/mol. The van der Waals surface area contributed by atoms with Gasteiger partial charge in [-0.1, -0.05) is 6.07 Å². The number of nitrogens with zero attached hydrogens (tertiary/aromatic N) is 3. The fourth-order valence-corrected chi connectivity index (χ4v) is 3.32. The second kappa shape index (κ2) is 12.3. The van der Waals surface area contributed by atoms with Crippen molar-refractivity contribution < 1.29 is 22.4 Å². The van der Waals surface area contributed by atoms with E-state index in [9.17, 15) is 22.4 Å². The third-order valence-corrected chi connectivity index (χ3v) is 4.76. The fraction of sp³-hybridized carbons (Fsp3) is 0.600. The molecule has 1 saturated heterocycles. The van der Waals surface area contributed by atoms with Crippen molar-refractivity contribution in [2.45, 2.75) is 38.9 Å². The number of alkyl halides is 3. The van der Waals surface area contributed by atoms with E-state index in [0.717, 1.165) is 32.0 Å². The van der Waals surface area contributed by atoms with E-state index in [2.05, 4.69) is 15.6 Å². The van der Waals surface area contributed by atoms with Crippen LogP contribution in [0, 0.1) is 12.7 Å². The van der Waals surface area contributed by atoms with Crippen molar-refractivity contribution in [1.82, 2.24) is 15.5 Å². The molecule has 2 rings (SSSR count). The molecule has 1 aliphatic rings. The van der Waals surface area contributed by atoms with E-state index < -0.39 is 25.2 Å². The largest absolute Gasteiger partial charge is 0.406 e. The van der Waals surface area contributed by atoms with Gasteiger partial charge in [-0.15, -0.1) is 24.0 Å². The van der Waals surface area contributed by atoms with Gasteiger partial charge in [0.1, 0.15) is 18.9 Å². The zero-order valence-electron chi connectivity index (χ0n) is 17.9. The minimum absolute atomic E-state index is 0. The Labute approximate surface area is 197 Å². The highest BCUT2D eigenvalue weighted by atomic mass is 127. The molecule has 31 heavy (non-hydrogen) atoms. The Balaban J connectivity index is 0.00000480. The van der Waals surface area contributed by atoms with Crippen LogP contribution in [0.4, 0.5) is 23.2 Å². The lowest BCUT2D eigenvalue weighted by molar-refractivity contribution is -0.157. The van der Waals surface area contributed by atoms with E-state index in [-0.39, 0.29) is 35.8 Å². The predicted molar refractivity (Wildman–Crippen MR) is 125 cm³/mol. The number of likely N-dealkylation sites (N-methyl/N-ethyl adjacent to an activating group) is 1. The quantitative estimate of drug-likeness (QED) is 0.243. The Bertz CT molecular complexity index is 760. The molecule has 0 aliphatic carbocycles. The van der Waals surface area contributed by atoms with Gasteiger partial charge in [0.15, 0.2) is 5.96 Å². The first-order valence-corrected chi connectivity index (χ1v) is 9.95. The SMILES string of the molecule is CCNC(=NCC(=O)N(C)CC(F)(F)F)NC1CCCN(c2cc(C)ccc2F)C1.I. The third kappa shape index (κ3) is 9.08. The molecule has 6 nitrogen and oxygen atoms in total. The van der Waals surface area contributed by atoms with E-state index in [1.807, 2.05) is 24.8 Å². The van der Waals surface area contributed by atoms with Gasteiger partial charge in [0.05, 0.1) is 5.69 Å². The minimum atomic E-state index is -4.45. The molecule has 1 aromatic rings. The number of piperidine rings is 1. The van der Waals surface area contributed by atoms with Crippen molar-refractivity contribution in [2.24, 2.45) is 4.99 Å². The topological polar surface area (TPSA) is 60.0 Å². The predicted octanol–water partition coefficient (Wildman–Crippen LogP) is 3.30. The van der Waals surface area contributed by atoms with E-state index >= 15 is 0 Å². The molecule has 0 aromatic heterocycles. The van der Waals surface area contributed by atoms with Crippen molar-refractivity contribution in [3.8, 4) is 0 Å². The monoisotopic (exact) mass is 559 g/mol. The summed E-state index contributed by atoms with van der Waals surface area (Å²) in [6, 6.07) is 4.95. The maximum atomic E-state index is 14.2. The molecule has 1 amide bonds. The second-order valence-electron chi connectivity index (χ2n) is 7.44. The highest BCUT2D eigenvalue weighted by Crippen LogP contribution is 2.24. The molecule has 1 unspecified atom stereocenters. The van der Waals surface area contributed by atoms with Gasteiger partial charge in [0.2, 0.25) is 5.91 Å². The molecule has 1 heterocycles. The van der Waals surface area contributed by atoms with Crippen LogP contribution in [0.2, 0.25) is 0 Å². The number of carbonyl (C=O) groups is 1. The van der Waals surface area contributed by atoms with E-state index in [0.29, 0.717) is 29.6 Å². The lowest BCUT2D eigenvalue weighted by Gasteiger charge is -2.35. The smallest absolute Gasteiger partial charge is 0.367 e. The van der Waals surface area contributed by atoms with Crippen molar-refractivity contribution in [2.75, 3.05) is 44.7 Å². The molecule has 2 N–H and O–H groups in total. The molecule has 0 bridgehead atoms. The number of benzene rings is 1. The summed E-state index contributed by atoms with van der Waals surface area (Å²) in [7, 11) is 1.10. The fourth-order valence-electron chi connectivity index (χ4n) is 3.32. The Hall–Kier alpha value is -1.79. The standard InChI is InChI=1S/C20H29F4N5O.HI/c1-4-25-19(26-11-18(30)28(3)13-20(22,23)24)27-15-6-5-9-29(12-15)17-10-14(2)7-8-16(17)21;/h7-8,10,15H,4-6,9,11-13H2,1-3H3,(H2,25,26,27);1H. The number of guanidine groups is 1. The van der Waals surface area contributed by atoms with Crippen LogP contribution >= 0.6 is 24.0 Å². The molecule has 176 valence electrons. The van der Waals surface area contributed by atoms with Gasteiger partial charge in [-0.05, 0) is 44.4 Å². The van der Waals surface area contributed by atoms with Gasteiger partial charge in [-0.25, -0.2) is 9.38 Å². The molecule has 1 aromatic carbocycles. The normalized spacial score (nSPS) is 17.1. The van der Waals surface area contributed by atoms with Gasteiger partial charge in [-0.2, -0.15) is 13.2 Å². The first-order chi connectivity index (χ1) is 14.1. The van der Waals surface area contributed by atoms with Crippen LogP contribution in [-0.2, 0) is 4.79 Å². The molecular formula is C20H30F4IN5O. The average Bonchev–Trinajstić information content (AvgIpc) is 2.66. The van der Waals surface area contributed by atoms with Crippen LogP contribution in [0.15, 0.2) is 23.2 Å². The summed E-state index contributed by atoms with van der Waals surface area (Å²) in [5.41, 5.74) is 1.52. The number of carbonyl (C=O) groups excluding carboxylic acids is 1. The highest BCUT2D eigenvalue weighted by Gasteiger charge is 2.31. The van der Waals surface area contributed by atoms with Crippen LogP contribution in [0.25, 0.3) is 0 Å². The first kappa shape index (κ1) is 27.2. The van der Waals surface area contributed by atoms with Gasteiger partial charge in [0.25, 0.3) is 0 Å². The van der Waals surface area contributed by atoms with E-state index in [4.69, 9.17) is 0 Å². The minimum Gasteiger partial charge on any atom is -0.367 e. The molecular weight excluding hydrogens is 529 g/mol. The molecule has 0 radical (unpaired) electrons. The number of aryl methyl sites for hydroxylation is 1. The Morgan fingerprint density at radius 1 is 1.35 bits per heavy atom. The van der Waals surface area contributed by atoms with Crippen LogP contribution in [0.1, 0.15) is 25.3 Å². The van der Waals surface area contributed by atoms with Gasteiger partial charge >= 0.3 is 6.18 Å². The molecule has 1 aliphatic heterocycles. The number of hydrogen-bond acceptors (Lipinski definition) is 3. The zero-order valence-corrected chi connectivity index (χ0v) is 20.3. The van der Waals surface area contributed by atoms with E-state index in [1.165, 1.54) is 6.07 Å². The number of nitrogens with one attached hydrogen (secondary N) is 2. The Morgan fingerprint density at radius 2 is 2.06 bits per heavy atom. The highest BCUT2D eigenvalue weighted by molar-refractivity contribution is 14.0. The lowest BCUT2D eigenvalue weighted by atomic mass is 10.0. The number of rotatable bonds is 6. The number of anilines is 1. The maximum absolute atomic E-state index is 14.2. The summed E-state index contributed by atoms with van der Waals surface area (Å²) in [5, 5.41) is 6.22. The second-order valence-corrected chi connectivity index (χ2v) is 7.44. The van der Waals surface area contributed by atoms with Crippen LogP contribution < -0.4 is 15.5 Å². The molecule has 0 saturated carbocycles. The molecule has 0 spiro atoms. The lowest BCUT2D eigenvalue weighted by Crippen LogP contribution is -2.51. The summed E-state index contributed by atoms with van der Waals surface area (Å²) < 4.78 is 51.6. The zero-order chi connectivity index (χ0) is 22.3. The van der Waals surface area contributed by atoms with Gasteiger partial charge in [-0.3, -0.25) is 4.79 Å². The summed E-state index contributed by atoms with van der Waals surface area (Å²) >= 11 is 0. The Kier molecular flexibility index (Phi) is 10.8. The van der Waals surface area contributed by atoms with Gasteiger partial charge < -0.3 is 20.4 Å². The molecule has 1 fully saturated rings. The summed E-state index contributed by atoms with van der Waals surface area (Å²) in [6.07, 6.45) is -2.78. The number of halogens is 5. The molecule has 1 atom stereocenters. The maximum Gasteiger partial charge on any atom is 0.406 e. The summed E-state index contributed by atoms with van der Waals surface area (Å²) in [4.78, 5) is 18.6. The Morgan fingerprint density at radius 3 is 2.71 bits per heavy atom. The van der Waals surface area contributed by atoms with Crippen LogP contribution in [0.5, 0.6) is 0 Å².